The second-order valence-electron chi connectivity index (χ2n) is 9.03. The first-order valence-electron chi connectivity index (χ1n) is 12.8. The highest BCUT2D eigenvalue weighted by Crippen LogP contribution is 2.33. The van der Waals surface area contributed by atoms with Crippen LogP contribution in [0.5, 0.6) is 0 Å². The molecule has 4 amide bonds. The second kappa shape index (κ2) is 18.1. The summed E-state index contributed by atoms with van der Waals surface area (Å²) < 4.78 is 31.7. The Kier molecular flexibility index (Phi) is 16.1. The van der Waals surface area contributed by atoms with Gasteiger partial charge in [0.05, 0.1) is 12.1 Å². The van der Waals surface area contributed by atoms with Crippen LogP contribution in [0.1, 0.15) is 70.6 Å². The topological polar surface area (TPSA) is 163 Å². The summed E-state index contributed by atoms with van der Waals surface area (Å²) in [5, 5.41) is 19.5. The maximum atomic E-state index is 11.9. The fourth-order valence-corrected chi connectivity index (χ4v) is 5.48. The number of amides is 4. The van der Waals surface area contributed by atoms with E-state index < -0.39 is 12.1 Å². The van der Waals surface area contributed by atoms with Gasteiger partial charge in [-0.1, -0.05) is 19.3 Å². The van der Waals surface area contributed by atoms with Crippen molar-refractivity contribution in [2.45, 2.75) is 94.1 Å². The molecule has 0 bridgehead atoms. The van der Waals surface area contributed by atoms with Crippen LogP contribution in [0.3, 0.4) is 0 Å². The minimum atomic E-state index is -5.08. The lowest BCUT2D eigenvalue weighted by molar-refractivity contribution is -0.192. The van der Waals surface area contributed by atoms with Gasteiger partial charge in [-0.15, -0.1) is 0 Å². The highest BCUT2D eigenvalue weighted by atomic mass is 32.2. The average molecular weight is 556 g/mol. The van der Waals surface area contributed by atoms with E-state index in [1.54, 1.807) is 0 Å². The van der Waals surface area contributed by atoms with E-state index in [2.05, 4.69) is 21.3 Å². The summed E-state index contributed by atoms with van der Waals surface area (Å²) in [4.78, 5) is 43.9. The number of nitrogens with one attached hydrogen (secondary N) is 4. The molecule has 0 aliphatic carbocycles. The summed E-state index contributed by atoms with van der Waals surface area (Å²) in [7, 11) is 0. The molecule has 2 heterocycles. The molecule has 3 atom stereocenters. The van der Waals surface area contributed by atoms with Gasteiger partial charge in [0, 0.05) is 36.9 Å². The van der Waals surface area contributed by atoms with E-state index in [-0.39, 0.29) is 29.9 Å². The summed E-state index contributed by atoms with van der Waals surface area (Å²) >= 11 is 1.92. The second-order valence-corrected chi connectivity index (χ2v) is 10.3. The van der Waals surface area contributed by atoms with Gasteiger partial charge in [0.25, 0.3) is 0 Å². The van der Waals surface area contributed by atoms with Gasteiger partial charge in [-0.05, 0) is 45.1 Å². The van der Waals surface area contributed by atoms with Gasteiger partial charge in [-0.25, -0.2) is 9.59 Å². The number of carboxylic acids is 1. The van der Waals surface area contributed by atoms with Crippen molar-refractivity contribution in [3.05, 3.63) is 0 Å². The van der Waals surface area contributed by atoms with Crippen molar-refractivity contribution in [1.82, 2.24) is 21.3 Å². The van der Waals surface area contributed by atoms with Gasteiger partial charge in [0.2, 0.25) is 11.8 Å². The molecule has 2 aliphatic rings. The smallest absolute Gasteiger partial charge is 0.475 e. The highest BCUT2D eigenvalue weighted by Gasteiger charge is 2.42. The predicted molar refractivity (Wildman–Crippen MR) is 135 cm³/mol. The van der Waals surface area contributed by atoms with E-state index >= 15 is 0 Å². The quantitative estimate of drug-likeness (QED) is 0.126. The fourth-order valence-electron chi connectivity index (χ4n) is 3.94. The number of fused-ring (bicyclic) bond motifs is 1. The number of aliphatic carboxylic acids is 1. The number of alkyl halides is 3. The number of carbonyl (C=O) groups excluding carboxylic acids is 3. The van der Waals surface area contributed by atoms with Crippen LogP contribution in [0.2, 0.25) is 0 Å². The number of carbonyl (C=O) groups is 4. The van der Waals surface area contributed by atoms with Gasteiger partial charge in [0.15, 0.2) is 0 Å². The maximum absolute atomic E-state index is 11.9. The van der Waals surface area contributed by atoms with Crippen molar-refractivity contribution < 1.29 is 37.5 Å². The lowest BCUT2D eigenvalue weighted by atomic mass is 10.0. The SMILES string of the molecule is NCCCCCNC(=O)CCCCCNC(=O)CCCC[C@@H]1SC[C@@H]2NC(=O)N[C@@H]21.O=C(O)C(F)(F)F. The van der Waals surface area contributed by atoms with Crippen molar-refractivity contribution in [1.29, 1.82) is 0 Å². The summed E-state index contributed by atoms with van der Waals surface area (Å²) in [5.41, 5.74) is 5.44. The number of thioether (sulfide) groups is 1. The van der Waals surface area contributed by atoms with Crippen molar-refractivity contribution >= 4 is 35.6 Å². The normalized spacial score (nSPS) is 20.2. The van der Waals surface area contributed by atoms with E-state index in [4.69, 9.17) is 15.6 Å². The monoisotopic (exact) mass is 555 g/mol. The van der Waals surface area contributed by atoms with Gasteiger partial charge in [-0.2, -0.15) is 24.9 Å². The standard InChI is InChI=1S/C21H39N5O3S.C2HF3O2/c22-12-6-2-8-14-24-18(27)10-3-1-7-13-23-19(28)11-5-4-9-17-20-16(15-30-17)25-21(29)26-20;3-2(4,5)1(6)7/h16-17,20H,1-15,22H2,(H,23,28)(H,24,27)(H2,25,26,29);(H,6,7)/t16-,17-,20-;/m0./s1. The minimum Gasteiger partial charge on any atom is -0.475 e. The Morgan fingerprint density at radius 3 is 2.00 bits per heavy atom. The lowest BCUT2D eigenvalue weighted by Crippen LogP contribution is -2.36. The molecule has 0 spiro atoms. The molecule has 2 aliphatic heterocycles. The van der Waals surface area contributed by atoms with E-state index in [9.17, 15) is 27.6 Å². The van der Waals surface area contributed by atoms with Crippen molar-refractivity contribution in [3.63, 3.8) is 0 Å². The van der Waals surface area contributed by atoms with Gasteiger partial charge in [0.1, 0.15) is 0 Å². The Hall–Kier alpha value is -2.22. The van der Waals surface area contributed by atoms with Crippen LogP contribution in [0.15, 0.2) is 0 Å². The Morgan fingerprint density at radius 2 is 1.46 bits per heavy atom. The molecule has 214 valence electrons. The molecule has 0 aromatic carbocycles. The van der Waals surface area contributed by atoms with Crippen molar-refractivity contribution in [3.8, 4) is 0 Å². The first-order valence-corrected chi connectivity index (χ1v) is 13.8. The molecule has 0 aromatic rings. The third kappa shape index (κ3) is 14.9. The van der Waals surface area contributed by atoms with Gasteiger partial charge >= 0.3 is 18.2 Å². The molecular weight excluding hydrogens is 515 g/mol. The summed E-state index contributed by atoms with van der Waals surface area (Å²) in [6.45, 7) is 2.13. The van der Waals surface area contributed by atoms with Crippen molar-refractivity contribution in [2.24, 2.45) is 5.73 Å². The summed E-state index contributed by atoms with van der Waals surface area (Å²) in [5.74, 6) is -1.55. The number of carboxylic acid groups (broad SMARTS) is 1. The zero-order valence-electron chi connectivity index (χ0n) is 21.0. The number of hydrogen-bond donors (Lipinski definition) is 6. The van der Waals surface area contributed by atoms with Gasteiger partial charge in [-0.3, -0.25) is 9.59 Å². The fraction of sp³-hybridized carbons (Fsp3) is 0.826. The van der Waals surface area contributed by atoms with Crippen LogP contribution in [0.4, 0.5) is 18.0 Å². The molecule has 14 heteroatoms. The molecule has 37 heavy (non-hydrogen) atoms. The number of nitrogens with two attached hydrogens (primary N) is 1. The number of urea groups is 1. The van der Waals surface area contributed by atoms with E-state index in [0.717, 1.165) is 70.1 Å². The predicted octanol–water partition coefficient (Wildman–Crippen LogP) is 2.27. The Bertz CT molecular complexity index is 729. The number of halogens is 3. The lowest BCUT2D eigenvalue weighted by Gasteiger charge is -2.16. The number of unbranched alkanes of at least 4 members (excludes halogenated alkanes) is 5. The molecule has 0 aromatic heterocycles. The zero-order chi connectivity index (χ0) is 27.7. The van der Waals surface area contributed by atoms with Crippen LogP contribution in [0, 0.1) is 0 Å². The summed E-state index contributed by atoms with van der Waals surface area (Å²) in [6.07, 6.45) is 4.73. The van der Waals surface area contributed by atoms with Crippen molar-refractivity contribution in [2.75, 3.05) is 25.4 Å². The molecule has 2 saturated heterocycles. The first kappa shape index (κ1) is 32.8. The Labute approximate surface area is 219 Å². The Morgan fingerprint density at radius 1 is 0.919 bits per heavy atom. The number of hydrogen-bond acceptors (Lipinski definition) is 6. The third-order valence-corrected chi connectivity index (χ3v) is 7.44. The molecule has 10 nitrogen and oxygen atoms in total. The molecule has 0 radical (unpaired) electrons. The van der Waals surface area contributed by atoms with E-state index in [0.29, 0.717) is 31.2 Å². The van der Waals surface area contributed by atoms with Crippen LogP contribution >= 0.6 is 11.8 Å². The molecule has 7 N–H and O–H groups in total. The average Bonchev–Trinajstić information content (AvgIpc) is 3.38. The Balaban J connectivity index is 0.000000856. The van der Waals surface area contributed by atoms with Crippen LogP contribution < -0.4 is 27.0 Å². The molecule has 0 saturated carbocycles. The van der Waals surface area contributed by atoms with Gasteiger partial charge < -0.3 is 32.1 Å². The van der Waals surface area contributed by atoms with Crippen LogP contribution in [-0.4, -0.2) is 77.8 Å². The number of rotatable bonds is 16. The third-order valence-electron chi connectivity index (χ3n) is 5.93. The van der Waals surface area contributed by atoms with Crippen LogP contribution in [0.25, 0.3) is 0 Å². The molecule has 0 unspecified atom stereocenters. The minimum absolute atomic E-state index is 0.0476. The first-order chi connectivity index (χ1) is 17.5. The molecule has 2 fully saturated rings. The maximum Gasteiger partial charge on any atom is 0.490 e. The highest BCUT2D eigenvalue weighted by molar-refractivity contribution is 8.00. The molecule has 2 rings (SSSR count). The van der Waals surface area contributed by atoms with E-state index in [1.165, 1.54) is 0 Å². The van der Waals surface area contributed by atoms with Crippen LogP contribution in [-0.2, 0) is 14.4 Å². The molecular formula is C23H40F3N5O5S. The van der Waals surface area contributed by atoms with E-state index in [1.807, 2.05) is 11.8 Å². The zero-order valence-corrected chi connectivity index (χ0v) is 21.9. The summed E-state index contributed by atoms with van der Waals surface area (Å²) in [6, 6.07) is 0.464. The largest absolute Gasteiger partial charge is 0.490 e.